The standard InChI is InChI=1S/C25H33N3O3/c1-4-30-21-17-22(19-8-6-5-7-9-19)31-25(18-21)11-14-28(15-12-25)24(29)20-10-13-26-23(16-20)27(2)3/h5-10,13,16,21-22H,4,11-12,14-15,17-18H2,1-3H3. The Kier molecular flexibility index (Phi) is 6.58. The summed E-state index contributed by atoms with van der Waals surface area (Å²) in [6.07, 6.45) is 5.37. The largest absolute Gasteiger partial charge is 0.378 e. The van der Waals surface area contributed by atoms with Gasteiger partial charge in [-0.1, -0.05) is 30.3 Å². The number of benzene rings is 1. The summed E-state index contributed by atoms with van der Waals surface area (Å²) >= 11 is 0. The van der Waals surface area contributed by atoms with E-state index in [0.29, 0.717) is 25.3 Å². The smallest absolute Gasteiger partial charge is 0.254 e. The zero-order valence-corrected chi connectivity index (χ0v) is 18.8. The van der Waals surface area contributed by atoms with E-state index in [1.54, 1.807) is 12.3 Å². The zero-order valence-electron chi connectivity index (χ0n) is 18.8. The number of hydrogen-bond acceptors (Lipinski definition) is 5. The highest BCUT2D eigenvalue weighted by Crippen LogP contribution is 2.44. The third kappa shape index (κ3) is 4.91. The van der Waals surface area contributed by atoms with E-state index >= 15 is 0 Å². The first-order chi connectivity index (χ1) is 15.0. The number of ether oxygens (including phenoxy) is 2. The van der Waals surface area contributed by atoms with Crippen molar-refractivity contribution in [1.82, 2.24) is 9.88 Å². The van der Waals surface area contributed by atoms with Gasteiger partial charge >= 0.3 is 0 Å². The molecule has 2 saturated heterocycles. The number of amides is 1. The number of rotatable bonds is 5. The fourth-order valence-electron chi connectivity index (χ4n) is 4.79. The van der Waals surface area contributed by atoms with Crippen LogP contribution in [0.5, 0.6) is 0 Å². The van der Waals surface area contributed by atoms with Crippen LogP contribution < -0.4 is 4.90 Å². The van der Waals surface area contributed by atoms with Gasteiger partial charge in [-0.05, 0) is 37.5 Å². The van der Waals surface area contributed by atoms with Gasteiger partial charge in [0.1, 0.15) is 5.82 Å². The number of likely N-dealkylation sites (tertiary alicyclic amines) is 1. The van der Waals surface area contributed by atoms with Crippen LogP contribution in [0.25, 0.3) is 0 Å². The van der Waals surface area contributed by atoms with Crippen LogP contribution in [0.1, 0.15) is 54.6 Å². The highest BCUT2D eigenvalue weighted by atomic mass is 16.5. The van der Waals surface area contributed by atoms with Crippen molar-refractivity contribution >= 4 is 11.7 Å². The lowest BCUT2D eigenvalue weighted by Crippen LogP contribution is -2.52. The molecule has 3 heterocycles. The highest BCUT2D eigenvalue weighted by molar-refractivity contribution is 5.94. The maximum absolute atomic E-state index is 13.1. The quantitative estimate of drug-likeness (QED) is 0.725. The van der Waals surface area contributed by atoms with Crippen LogP contribution >= 0.6 is 0 Å². The summed E-state index contributed by atoms with van der Waals surface area (Å²) in [4.78, 5) is 21.3. The third-order valence-electron chi connectivity index (χ3n) is 6.46. The molecule has 166 valence electrons. The van der Waals surface area contributed by atoms with Crippen LogP contribution in [0.4, 0.5) is 5.82 Å². The Morgan fingerprint density at radius 3 is 2.65 bits per heavy atom. The van der Waals surface area contributed by atoms with Crippen LogP contribution in [0, 0.1) is 0 Å². The molecular formula is C25H33N3O3. The minimum Gasteiger partial charge on any atom is -0.378 e. The fourth-order valence-corrected chi connectivity index (χ4v) is 4.79. The van der Waals surface area contributed by atoms with Crippen molar-refractivity contribution in [2.75, 3.05) is 38.7 Å². The number of carbonyl (C=O) groups excluding carboxylic acids is 1. The predicted molar refractivity (Wildman–Crippen MR) is 121 cm³/mol. The second-order valence-electron chi connectivity index (χ2n) is 8.81. The molecule has 2 fully saturated rings. The number of piperidine rings is 1. The van der Waals surface area contributed by atoms with E-state index in [9.17, 15) is 4.79 Å². The van der Waals surface area contributed by atoms with Crippen molar-refractivity contribution in [3.8, 4) is 0 Å². The molecule has 1 aromatic carbocycles. The molecule has 4 rings (SSSR count). The van der Waals surface area contributed by atoms with Gasteiger partial charge in [0.15, 0.2) is 0 Å². The lowest BCUT2D eigenvalue weighted by Gasteiger charge is -2.48. The monoisotopic (exact) mass is 423 g/mol. The first-order valence-corrected chi connectivity index (χ1v) is 11.3. The Morgan fingerprint density at radius 2 is 1.97 bits per heavy atom. The molecule has 1 amide bonds. The molecule has 6 nitrogen and oxygen atoms in total. The van der Waals surface area contributed by atoms with Crippen molar-refractivity contribution < 1.29 is 14.3 Å². The number of pyridine rings is 1. The summed E-state index contributed by atoms with van der Waals surface area (Å²) in [5, 5.41) is 0. The topological polar surface area (TPSA) is 54.9 Å². The molecule has 2 aliphatic heterocycles. The minimum atomic E-state index is -0.234. The number of carbonyl (C=O) groups is 1. The maximum Gasteiger partial charge on any atom is 0.254 e. The second-order valence-corrected chi connectivity index (χ2v) is 8.81. The van der Waals surface area contributed by atoms with Crippen LogP contribution in [0.15, 0.2) is 48.7 Å². The summed E-state index contributed by atoms with van der Waals surface area (Å²) in [5.41, 5.74) is 1.66. The molecule has 0 N–H and O–H groups in total. The number of anilines is 1. The van der Waals surface area contributed by atoms with Gasteiger partial charge in [-0.3, -0.25) is 4.79 Å². The van der Waals surface area contributed by atoms with Gasteiger partial charge in [0.2, 0.25) is 0 Å². The van der Waals surface area contributed by atoms with Gasteiger partial charge in [0.05, 0.1) is 17.8 Å². The molecule has 0 bridgehead atoms. The Bertz CT molecular complexity index is 879. The van der Waals surface area contributed by atoms with Crippen molar-refractivity contribution in [3.05, 3.63) is 59.8 Å². The maximum atomic E-state index is 13.1. The normalized spacial score (nSPS) is 23.0. The fraction of sp³-hybridized carbons (Fsp3) is 0.520. The number of aromatic nitrogens is 1. The third-order valence-corrected chi connectivity index (χ3v) is 6.46. The molecule has 2 unspecified atom stereocenters. The molecule has 2 aromatic rings. The van der Waals surface area contributed by atoms with Crippen molar-refractivity contribution in [3.63, 3.8) is 0 Å². The van der Waals surface area contributed by atoms with Gasteiger partial charge in [-0.25, -0.2) is 4.98 Å². The van der Waals surface area contributed by atoms with E-state index in [-0.39, 0.29) is 23.7 Å². The first-order valence-electron chi connectivity index (χ1n) is 11.3. The van der Waals surface area contributed by atoms with Gasteiger partial charge in [0, 0.05) is 58.4 Å². The van der Waals surface area contributed by atoms with Crippen LogP contribution in [0.3, 0.4) is 0 Å². The second kappa shape index (κ2) is 9.37. The predicted octanol–water partition coefficient (Wildman–Crippen LogP) is 4.08. The molecule has 1 spiro atoms. The van der Waals surface area contributed by atoms with Crippen molar-refractivity contribution in [1.29, 1.82) is 0 Å². The molecular weight excluding hydrogens is 390 g/mol. The lowest BCUT2D eigenvalue weighted by molar-refractivity contribution is -0.190. The summed E-state index contributed by atoms with van der Waals surface area (Å²) in [6.45, 7) is 4.15. The number of hydrogen-bond donors (Lipinski definition) is 0. The van der Waals surface area contributed by atoms with Crippen LogP contribution in [0.2, 0.25) is 0 Å². The SMILES string of the molecule is CCOC1CC(c2ccccc2)OC2(CCN(C(=O)c3ccnc(N(C)C)c3)CC2)C1. The number of nitrogens with zero attached hydrogens (tertiary/aromatic N) is 3. The minimum absolute atomic E-state index is 0.0385. The van der Waals surface area contributed by atoms with Crippen molar-refractivity contribution in [2.24, 2.45) is 0 Å². The van der Waals surface area contributed by atoms with Gasteiger partial charge < -0.3 is 19.3 Å². The van der Waals surface area contributed by atoms with Gasteiger partial charge in [-0.15, -0.1) is 0 Å². The van der Waals surface area contributed by atoms with E-state index in [2.05, 4.69) is 36.2 Å². The van der Waals surface area contributed by atoms with E-state index in [4.69, 9.17) is 9.47 Å². The lowest BCUT2D eigenvalue weighted by atomic mass is 9.80. The summed E-state index contributed by atoms with van der Waals surface area (Å²) in [6, 6.07) is 14.1. The summed E-state index contributed by atoms with van der Waals surface area (Å²) in [5.74, 6) is 0.859. The van der Waals surface area contributed by atoms with Crippen LogP contribution in [-0.2, 0) is 9.47 Å². The highest BCUT2D eigenvalue weighted by Gasteiger charge is 2.45. The van der Waals surface area contributed by atoms with Gasteiger partial charge in [-0.2, -0.15) is 0 Å². The van der Waals surface area contributed by atoms with E-state index in [0.717, 1.165) is 31.5 Å². The van der Waals surface area contributed by atoms with E-state index < -0.39 is 0 Å². The van der Waals surface area contributed by atoms with Crippen LogP contribution in [-0.4, -0.2) is 61.3 Å². The average Bonchev–Trinajstić information content (AvgIpc) is 2.80. The molecule has 0 radical (unpaired) electrons. The Labute approximate surface area is 185 Å². The average molecular weight is 424 g/mol. The summed E-state index contributed by atoms with van der Waals surface area (Å²) < 4.78 is 12.8. The molecule has 0 saturated carbocycles. The van der Waals surface area contributed by atoms with Crippen molar-refractivity contribution in [2.45, 2.75) is 50.4 Å². The van der Waals surface area contributed by atoms with E-state index in [1.807, 2.05) is 36.0 Å². The van der Waals surface area contributed by atoms with E-state index in [1.165, 1.54) is 5.56 Å². The Balaban J connectivity index is 1.46. The Morgan fingerprint density at radius 1 is 1.23 bits per heavy atom. The molecule has 2 atom stereocenters. The summed E-state index contributed by atoms with van der Waals surface area (Å²) in [7, 11) is 3.86. The molecule has 6 heteroatoms. The zero-order chi connectivity index (χ0) is 21.8. The molecule has 1 aromatic heterocycles. The molecule has 0 aliphatic carbocycles. The Hall–Kier alpha value is -2.44. The molecule has 2 aliphatic rings. The first kappa shape index (κ1) is 21.8. The molecule has 31 heavy (non-hydrogen) atoms. The van der Waals surface area contributed by atoms with Gasteiger partial charge in [0.25, 0.3) is 5.91 Å².